The molecule has 2 N–H and O–H groups in total. The van der Waals surface area contributed by atoms with Crippen LogP contribution >= 0.6 is 0 Å². The highest BCUT2D eigenvalue weighted by Crippen LogP contribution is 2.34. The van der Waals surface area contributed by atoms with E-state index in [4.69, 9.17) is 14.3 Å². The molecule has 0 spiro atoms. The van der Waals surface area contributed by atoms with Gasteiger partial charge in [-0.1, -0.05) is 18.2 Å². The minimum absolute atomic E-state index is 0.231. The molecule has 0 saturated heterocycles. The Labute approximate surface area is 124 Å². The molecule has 1 saturated carbocycles. The lowest BCUT2D eigenvalue weighted by Crippen LogP contribution is -2.31. The molecule has 1 aromatic heterocycles. The second-order valence-electron chi connectivity index (χ2n) is 5.47. The van der Waals surface area contributed by atoms with Crippen LogP contribution in [0.4, 0.5) is 0 Å². The Morgan fingerprint density at radius 3 is 2.71 bits per heavy atom. The smallest absolute Gasteiger partial charge is 0.290 e. The summed E-state index contributed by atoms with van der Waals surface area (Å²) in [6, 6.07) is 13.7. The largest absolute Gasteiger partial charge is 0.429 e. The van der Waals surface area contributed by atoms with Crippen LogP contribution in [0.3, 0.4) is 0 Å². The molecule has 1 atom stereocenters. The van der Waals surface area contributed by atoms with Crippen molar-refractivity contribution in [2.45, 2.75) is 31.8 Å². The molecule has 0 amide bonds. The van der Waals surface area contributed by atoms with E-state index in [0.717, 1.165) is 17.9 Å². The van der Waals surface area contributed by atoms with Crippen LogP contribution in [-0.2, 0) is 6.54 Å². The molecule has 0 aliphatic heterocycles. The van der Waals surface area contributed by atoms with Gasteiger partial charge in [0, 0.05) is 18.7 Å². The molecule has 3 rings (SSSR count). The predicted octanol–water partition coefficient (Wildman–Crippen LogP) is 3.32. The topological polar surface area (TPSA) is 54.6 Å². The SMILES string of the molecule is OCCC(NCc1ccc(Oc2ccccc2)o1)C1CC1. The predicted molar refractivity (Wildman–Crippen MR) is 80.3 cm³/mol. The zero-order chi connectivity index (χ0) is 14.5. The van der Waals surface area contributed by atoms with Crippen LogP contribution in [0.25, 0.3) is 0 Å². The quantitative estimate of drug-likeness (QED) is 0.782. The van der Waals surface area contributed by atoms with Gasteiger partial charge in [-0.2, -0.15) is 0 Å². The van der Waals surface area contributed by atoms with Gasteiger partial charge in [0.1, 0.15) is 11.5 Å². The van der Waals surface area contributed by atoms with E-state index in [1.54, 1.807) is 0 Å². The van der Waals surface area contributed by atoms with Crippen LogP contribution in [0.1, 0.15) is 25.0 Å². The van der Waals surface area contributed by atoms with E-state index >= 15 is 0 Å². The van der Waals surface area contributed by atoms with E-state index in [0.29, 0.717) is 24.5 Å². The van der Waals surface area contributed by atoms with Crippen molar-refractivity contribution in [2.75, 3.05) is 6.61 Å². The van der Waals surface area contributed by atoms with Gasteiger partial charge in [-0.05, 0) is 43.4 Å². The van der Waals surface area contributed by atoms with Gasteiger partial charge in [0.2, 0.25) is 0 Å². The van der Waals surface area contributed by atoms with Crippen LogP contribution in [0.15, 0.2) is 46.9 Å². The van der Waals surface area contributed by atoms with Gasteiger partial charge in [0.25, 0.3) is 5.95 Å². The van der Waals surface area contributed by atoms with Gasteiger partial charge >= 0.3 is 0 Å². The molecular formula is C17H21NO3. The molecule has 4 heteroatoms. The highest BCUT2D eigenvalue weighted by molar-refractivity contribution is 5.26. The summed E-state index contributed by atoms with van der Waals surface area (Å²) in [6.07, 6.45) is 3.33. The van der Waals surface area contributed by atoms with Gasteiger partial charge in [-0.3, -0.25) is 0 Å². The Kier molecular flexibility index (Phi) is 4.58. The molecule has 21 heavy (non-hydrogen) atoms. The maximum atomic E-state index is 9.10. The van der Waals surface area contributed by atoms with Crippen LogP contribution in [0.2, 0.25) is 0 Å². The van der Waals surface area contributed by atoms with E-state index in [-0.39, 0.29) is 6.61 Å². The van der Waals surface area contributed by atoms with Crippen LogP contribution in [0.5, 0.6) is 11.7 Å². The Hall–Kier alpha value is -1.78. The Morgan fingerprint density at radius 2 is 2.00 bits per heavy atom. The second kappa shape index (κ2) is 6.78. The van der Waals surface area contributed by atoms with Crippen molar-refractivity contribution in [1.82, 2.24) is 5.32 Å². The van der Waals surface area contributed by atoms with Crippen molar-refractivity contribution >= 4 is 0 Å². The number of hydrogen-bond acceptors (Lipinski definition) is 4. The van der Waals surface area contributed by atoms with E-state index < -0.39 is 0 Å². The number of nitrogens with one attached hydrogen (secondary N) is 1. The summed E-state index contributed by atoms with van der Waals surface area (Å²) < 4.78 is 11.3. The van der Waals surface area contributed by atoms with Crippen molar-refractivity contribution < 1.29 is 14.3 Å². The molecule has 0 radical (unpaired) electrons. The Bertz CT molecular complexity index is 548. The third kappa shape index (κ3) is 4.09. The lowest BCUT2D eigenvalue weighted by atomic mass is 10.1. The van der Waals surface area contributed by atoms with Crippen molar-refractivity contribution in [3.63, 3.8) is 0 Å². The molecule has 1 heterocycles. The number of ether oxygens (including phenoxy) is 1. The molecule has 1 unspecified atom stereocenters. The molecule has 1 aliphatic carbocycles. The number of aliphatic hydroxyl groups is 1. The zero-order valence-corrected chi connectivity index (χ0v) is 12.0. The fraction of sp³-hybridized carbons (Fsp3) is 0.412. The summed E-state index contributed by atoms with van der Waals surface area (Å²) in [5, 5.41) is 12.6. The Morgan fingerprint density at radius 1 is 1.19 bits per heavy atom. The molecular weight excluding hydrogens is 266 g/mol. The lowest BCUT2D eigenvalue weighted by molar-refractivity contribution is 0.252. The minimum atomic E-state index is 0.231. The third-order valence-electron chi connectivity index (χ3n) is 3.77. The van der Waals surface area contributed by atoms with Crippen molar-refractivity contribution in [3.05, 3.63) is 48.2 Å². The van der Waals surface area contributed by atoms with E-state index in [2.05, 4.69) is 5.32 Å². The van der Waals surface area contributed by atoms with Gasteiger partial charge in [-0.25, -0.2) is 0 Å². The first-order valence-electron chi connectivity index (χ1n) is 7.51. The highest BCUT2D eigenvalue weighted by atomic mass is 16.6. The minimum Gasteiger partial charge on any atom is -0.429 e. The van der Waals surface area contributed by atoms with Crippen LogP contribution in [0, 0.1) is 5.92 Å². The van der Waals surface area contributed by atoms with Gasteiger partial charge < -0.3 is 19.6 Å². The van der Waals surface area contributed by atoms with Crippen molar-refractivity contribution in [3.8, 4) is 11.7 Å². The van der Waals surface area contributed by atoms with Gasteiger partial charge in [-0.15, -0.1) is 0 Å². The van der Waals surface area contributed by atoms with Crippen LogP contribution < -0.4 is 10.1 Å². The number of furan rings is 1. The number of para-hydroxylation sites is 1. The summed E-state index contributed by atoms with van der Waals surface area (Å²) in [5.74, 6) is 2.84. The van der Waals surface area contributed by atoms with Gasteiger partial charge in [0.05, 0.1) is 6.54 Å². The van der Waals surface area contributed by atoms with Crippen molar-refractivity contribution in [1.29, 1.82) is 0 Å². The average molecular weight is 287 g/mol. The number of aliphatic hydroxyl groups excluding tert-OH is 1. The fourth-order valence-electron chi connectivity index (χ4n) is 2.49. The summed E-state index contributed by atoms with van der Waals surface area (Å²) >= 11 is 0. The Balaban J connectivity index is 1.52. The standard InChI is InChI=1S/C17H21NO3/c19-11-10-16(13-6-7-13)18-12-15-8-9-17(21-15)20-14-4-2-1-3-5-14/h1-5,8-9,13,16,18-19H,6-7,10-12H2. The zero-order valence-electron chi connectivity index (χ0n) is 12.0. The summed E-state index contributed by atoms with van der Waals surface area (Å²) in [4.78, 5) is 0. The molecule has 112 valence electrons. The maximum absolute atomic E-state index is 9.10. The molecule has 1 aromatic carbocycles. The average Bonchev–Trinajstić information content (AvgIpc) is 3.26. The van der Waals surface area contributed by atoms with E-state index in [9.17, 15) is 0 Å². The van der Waals surface area contributed by atoms with Crippen LogP contribution in [-0.4, -0.2) is 17.8 Å². The summed E-state index contributed by atoms with van der Waals surface area (Å²) in [7, 11) is 0. The second-order valence-corrected chi connectivity index (χ2v) is 5.47. The van der Waals surface area contributed by atoms with Crippen molar-refractivity contribution in [2.24, 2.45) is 5.92 Å². The highest BCUT2D eigenvalue weighted by Gasteiger charge is 2.30. The first-order valence-corrected chi connectivity index (χ1v) is 7.51. The third-order valence-corrected chi connectivity index (χ3v) is 3.77. The number of hydrogen-bond donors (Lipinski definition) is 2. The van der Waals surface area contributed by atoms with Gasteiger partial charge in [0.15, 0.2) is 0 Å². The first-order chi connectivity index (χ1) is 10.3. The first kappa shape index (κ1) is 14.2. The fourth-order valence-corrected chi connectivity index (χ4v) is 2.49. The number of benzene rings is 1. The molecule has 1 fully saturated rings. The summed E-state index contributed by atoms with van der Waals surface area (Å²) in [5.41, 5.74) is 0. The molecule has 2 aromatic rings. The lowest BCUT2D eigenvalue weighted by Gasteiger charge is -2.15. The number of rotatable bonds is 8. The molecule has 0 bridgehead atoms. The normalized spacial score (nSPS) is 15.9. The van der Waals surface area contributed by atoms with E-state index in [1.165, 1.54) is 12.8 Å². The molecule has 1 aliphatic rings. The van der Waals surface area contributed by atoms with E-state index in [1.807, 2.05) is 42.5 Å². The molecule has 4 nitrogen and oxygen atoms in total. The monoisotopic (exact) mass is 287 g/mol. The maximum Gasteiger partial charge on any atom is 0.290 e. The summed E-state index contributed by atoms with van der Waals surface area (Å²) in [6.45, 7) is 0.897.